The van der Waals surface area contributed by atoms with E-state index in [1.54, 1.807) is 25.1 Å². The number of rotatable bonds is 2. The van der Waals surface area contributed by atoms with Crippen molar-refractivity contribution < 1.29 is 13.5 Å². The van der Waals surface area contributed by atoms with Gasteiger partial charge in [0.15, 0.2) is 17.5 Å². The maximum absolute atomic E-state index is 13.4. The van der Waals surface area contributed by atoms with Crippen molar-refractivity contribution in [2.45, 2.75) is 6.92 Å². The number of ether oxygens (including phenoxy) is 1. The van der Waals surface area contributed by atoms with E-state index >= 15 is 0 Å². The lowest BCUT2D eigenvalue weighted by Crippen LogP contribution is -2.00. The summed E-state index contributed by atoms with van der Waals surface area (Å²) in [6.45, 7) is 1.78. The Morgan fingerprint density at radius 3 is 2.61 bits per heavy atom. The molecule has 1 aromatic heterocycles. The van der Waals surface area contributed by atoms with Gasteiger partial charge in [-0.15, -0.1) is 0 Å². The van der Waals surface area contributed by atoms with Gasteiger partial charge in [0.2, 0.25) is 0 Å². The first kappa shape index (κ1) is 12.6. The van der Waals surface area contributed by atoms with Crippen LogP contribution in [0.3, 0.4) is 0 Å². The van der Waals surface area contributed by atoms with Crippen LogP contribution in [0.4, 0.5) is 14.6 Å². The fraction of sp³-hybridized carbons (Fsp3) is 0.0833. The van der Waals surface area contributed by atoms with Crippen molar-refractivity contribution in [2.24, 2.45) is 0 Å². The van der Waals surface area contributed by atoms with Crippen LogP contribution in [0.15, 0.2) is 24.3 Å². The van der Waals surface area contributed by atoms with Gasteiger partial charge in [-0.2, -0.15) is 4.98 Å². The van der Waals surface area contributed by atoms with E-state index in [2.05, 4.69) is 4.98 Å². The summed E-state index contributed by atoms with van der Waals surface area (Å²) in [5.74, 6) is -2.30. The predicted octanol–water partition coefficient (Wildman–Crippen LogP) is 3.70. The summed E-state index contributed by atoms with van der Waals surface area (Å²) in [5.41, 5.74) is 6.01. The fourth-order valence-corrected chi connectivity index (χ4v) is 1.44. The van der Waals surface area contributed by atoms with E-state index in [0.29, 0.717) is 16.8 Å². The van der Waals surface area contributed by atoms with E-state index in [-0.39, 0.29) is 5.88 Å². The third-order valence-corrected chi connectivity index (χ3v) is 2.69. The first-order valence-electron chi connectivity index (χ1n) is 5.03. The van der Waals surface area contributed by atoms with Crippen molar-refractivity contribution in [1.29, 1.82) is 0 Å². The molecule has 0 saturated carbocycles. The second-order valence-corrected chi connectivity index (χ2v) is 4.06. The zero-order chi connectivity index (χ0) is 13.3. The molecule has 0 unspecified atom stereocenters. The molecule has 0 aliphatic carbocycles. The number of aromatic nitrogens is 1. The molecule has 0 spiro atoms. The van der Waals surface area contributed by atoms with Crippen molar-refractivity contribution in [1.82, 2.24) is 4.98 Å². The largest absolute Gasteiger partial charge is 0.436 e. The predicted molar refractivity (Wildman–Crippen MR) is 64.8 cm³/mol. The highest BCUT2D eigenvalue weighted by Crippen LogP contribution is 2.27. The normalized spacial score (nSPS) is 10.4. The van der Waals surface area contributed by atoms with Crippen molar-refractivity contribution in [2.75, 3.05) is 5.73 Å². The van der Waals surface area contributed by atoms with E-state index in [4.69, 9.17) is 22.1 Å². The summed E-state index contributed by atoms with van der Waals surface area (Å²) >= 11 is 5.85. The minimum absolute atomic E-state index is 0.342. The summed E-state index contributed by atoms with van der Waals surface area (Å²) in [4.78, 5) is 3.49. The maximum Gasteiger partial charge on any atom is 0.258 e. The highest BCUT2D eigenvalue weighted by Gasteiger charge is 2.12. The van der Waals surface area contributed by atoms with E-state index in [1.807, 2.05) is 0 Å². The molecule has 0 aliphatic heterocycles. The third kappa shape index (κ3) is 2.51. The fourth-order valence-electron chi connectivity index (χ4n) is 1.33. The lowest BCUT2D eigenvalue weighted by molar-refractivity contribution is 0.418. The van der Waals surface area contributed by atoms with Crippen molar-refractivity contribution in [3.8, 4) is 11.6 Å². The molecule has 0 radical (unpaired) electrons. The van der Waals surface area contributed by atoms with Gasteiger partial charge < -0.3 is 10.5 Å². The van der Waals surface area contributed by atoms with E-state index < -0.39 is 17.5 Å². The van der Waals surface area contributed by atoms with Gasteiger partial charge in [0.05, 0.1) is 0 Å². The van der Waals surface area contributed by atoms with E-state index in [9.17, 15) is 8.78 Å². The molecule has 94 valence electrons. The minimum Gasteiger partial charge on any atom is -0.436 e. The van der Waals surface area contributed by atoms with Crippen LogP contribution in [-0.4, -0.2) is 4.98 Å². The van der Waals surface area contributed by atoms with Crippen molar-refractivity contribution in [3.05, 3.63) is 46.5 Å². The van der Waals surface area contributed by atoms with Crippen LogP contribution in [0.25, 0.3) is 0 Å². The number of nitrogens with zero attached hydrogens (tertiary/aromatic N) is 1. The summed E-state index contributed by atoms with van der Waals surface area (Å²) in [5, 5.41) is 0.564. The van der Waals surface area contributed by atoms with Crippen LogP contribution in [0.2, 0.25) is 5.02 Å². The SMILES string of the molecule is Cc1cc(Oc2nc(N)c(F)cc2F)ccc1Cl. The van der Waals surface area contributed by atoms with E-state index in [1.165, 1.54) is 0 Å². The standard InChI is InChI=1S/C12H9ClF2N2O/c1-6-4-7(2-3-8(6)13)18-12-10(15)5-9(14)11(16)17-12/h2-5H,1H3,(H2,16,17). The summed E-state index contributed by atoms with van der Waals surface area (Å²) < 4.78 is 31.5. The monoisotopic (exact) mass is 270 g/mol. The first-order chi connectivity index (χ1) is 8.47. The molecule has 6 heteroatoms. The average Bonchev–Trinajstić information content (AvgIpc) is 2.31. The molecule has 3 nitrogen and oxygen atoms in total. The Kier molecular flexibility index (Phi) is 3.34. The van der Waals surface area contributed by atoms with Crippen LogP contribution in [0, 0.1) is 18.6 Å². The quantitative estimate of drug-likeness (QED) is 0.905. The molecule has 0 bridgehead atoms. The van der Waals surface area contributed by atoms with Gasteiger partial charge in [-0.25, -0.2) is 8.78 Å². The molecule has 1 heterocycles. The number of pyridine rings is 1. The Balaban J connectivity index is 2.34. The molecular weight excluding hydrogens is 262 g/mol. The molecule has 1 aromatic carbocycles. The number of halogens is 3. The van der Waals surface area contributed by atoms with Gasteiger partial charge >= 0.3 is 0 Å². The molecule has 0 saturated heterocycles. The Hall–Kier alpha value is -1.88. The van der Waals surface area contributed by atoms with Crippen molar-refractivity contribution >= 4 is 17.4 Å². The third-order valence-electron chi connectivity index (χ3n) is 2.27. The van der Waals surface area contributed by atoms with Crippen LogP contribution >= 0.6 is 11.6 Å². The minimum atomic E-state index is -0.924. The molecule has 0 aliphatic rings. The molecule has 0 amide bonds. The second-order valence-electron chi connectivity index (χ2n) is 3.66. The van der Waals surface area contributed by atoms with Crippen LogP contribution in [0.5, 0.6) is 11.6 Å². The van der Waals surface area contributed by atoms with Gasteiger partial charge in [0, 0.05) is 11.1 Å². The molecule has 2 rings (SSSR count). The number of anilines is 1. The second kappa shape index (κ2) is 4.78. The highest BCUT2D eigenvalue weighted by molar-refractivity contribution is 6.31. The number of aryl methyl sites for hydroxylation is 1. The Morgan fingerprint density at radius 2 is 1.94 bits per heavy atom. The molecule has 2 N–H and O–H groups in total. The number of nitrogens with two attached hydrogens (primary N) is 1. The van der Waals surface area contributed by atoms with Gasteiger partial charge in [-0.05, 0) is 30.7 Å². The van der Waals surface area contributed by atoms with Crippen LogP contribution in [-0.2, 0) is 0 Å². The average molecular weight is 271 g/mol. The van der Waals surface area contributed by atoms with Gasteiger partial charge in [0.25, 0.3) is 5.88 Å². The molecule has 0 fully saturated rings. The number of hydrogen-bond donors (Lipinski definition) is 1. The molecule has 0 atom stereocenters. The lowest BCUT2D eigenvalue weighted by Gasteiger charge is -2.08. The van der Waals surface area contributed by atoms with Crippen LogP contribution < -0.4 is 10.5 Å². The summed E-state index contributed by atoms with van der Waals surface area (Å²) in [7, 11) is 0. The van der Waals surface area contributed by atoms with Crippen LogP contribution in [0.1, 0.15) is 5.56 Å². The smallest absolute Gasteiger partial charge is 0.258 e. The first-order valence-corrected chi connectivity index (χ1v) is 5.40. The van der Waals surface area contributed by atoms with Gasteiger partial charge in [-0.3, -0.25) is 0 Å². The lowest BCUT2D eigenvalue weighted by atomic mass is 10.2. The molecule has 18 heavy (non-hydrogen) atoms. The molecule has 2 aromatic rings. The zero-order valence-corrected chi connectivity index (χ0v) is 10.1. The van der Waals surface area contributed by atoms with Crippen molar-refractivity contribution in [3.63, 3.8) is 0 Å². The van der Waals surface area contributed by atoms with Gasteiger partial charge in [0.1, 0.15) is 5.75 Å². The Bertz CT molecular complexity index is 605. The number of nitrogen functional groups attached to an aromatic ring is 1. The number of benzene rings is 1. The Morgan fingerprint density at radius 1 is 1.22 bits per heavy atom. The summed E-state index contributed by atoms with van der Waals surface area (Å²) in [6.07, 6.45) is 0. The summed E-state index contributed by atoms with van der Waals surface area (Å²) in [6, 6.07) is 5.40. The Labute approximate surface area is 107 Å². The zero-order valence-electron chi connectivity index (χ0n) is 9.38. The highest BCUT2D eigenvalue weighted by atomic mass is 35.5. The van der Waals surface area contributed by atoms with Gasteiger partial charge in [-0.1, -0.05) is 11.6 Å². The topological polar surface area (TPSA) is 48.1 Å². The molecular formula is C12H9ClF2N2O. The number of hydrogen-bond acceptors (Lipinski definition) is 3. The van der Waals surface area contributed by atoms with E-state index in [0.717, 1.165) is 5.56 Å². The maximum atomic E-state index is 13.4.